The molecule has 2 aromatic carbocycles. The number of aryl methyl sites for hydroxylation is 1. The molecule has 2 amide bonds. The zero-order valence-corrected chi connectivity index (χ0v) is 28.7. The second-order valence-corrected chi connectivity index (χ2v) is 16.3. The van der Waals surface area contributed by atoms with Crippen LogP contribution in [0.1, 0.15) is 67.4 Å². The summed E-state index contributed by atoms with van der Waals surface area (Å²) in [6, 6.07) is 11.0. The molecule has 3 heterocycles. The molecule has 0 saturated carbocycles. The van der Waals surface area contributed by atoms with Crippen LogP contribution in [0.15, 0.2) is 48.6 Å². The molecule has 1 N–H and O–H groups in total. The lowest BCUT2D eigenvalue weighted by Gasteiger charge is -2.42. The Morgan fingerprint density at radius 1 is 1.13 bits per heavy atom. The lowest BCUT2D eigenvalue weighted by molar-refractivity contribution is -0.133. The molecule has 1 spiro atoms. The van der Waals surface area contributed by atoms with E-state index in [2.05, 4.69) is 26.7 Å². The Morgan fingerprint density at radius 2 is 1.93 bits per heavy atom. The molecule has 2 aromatic rings. The summed E-state index contributed by atoms with van der Waals surface area (Å²) >= 11 is 6.43. The number of halogens is 1. The Kier molecular flexibility index (Phi) is 9.17. The fraction of sp³-hybridized carbons (Fsp3) is 0.543. The van der Waals surface area contributed by atoms with E-state index in [0.717, 1.165) is 49.4 Å². The summed E-state index contributed by atoms with van der Waals surface area (Å²) in [5, 5.41) is -0.101. The van der Waals surface area contributed by atoms with Gasteiger partial charge in [-0.05, 0) is 99.4 Å². The van der Waals surface area contributed by atoms with Gasteiger partial charge in [0.2, 0.25) is 15.9 Å². The molecular weight excluding hydrogens is 624 g/mol. The summed E-state index contributed by atoms with van der Waals surface area (Å²) < 4.78 is 35.6. The minimum absolute atomic E-state index is 0.00120. The van der Waals surface area contributed by atoms with E-state index >= 15 is 0 Å². The summed E-state index contributed by atoms with van der Waals surface area (Å²) in [7, 11) is -0.412. The number of hydrogen-bond donors (Lipinski definition) is 1. The van der Waals surface area contributed by atoms with Crippen LogP contribution >= 0.6 is 11.6 Å². The maximum Gasteiger partial charge on any atom is 0.264 e. The minimum atomic E-state index is -3.97. The predicted molar refractivity (Wildman–Crippen MR) is 181 cm³/mol. The van der Waals surface area contributed by atoms with Crippen molar-refractivity contribution in [2.24, 2.45) is 5.92 Å². The maximum absolute atomic E-state index is 13.6. The van der Waals surface area contributed by atoms with Crippen molar-refractivity contribution in [3.8, 4) is 5.75 Å². The van der Waals surface area contributed by atoms with Crippen molar-refractivity contribution in [2.75, 3.05) is 45.2 Å². The highest BCUT2D eigenvalue weighted by molar-refractivity contribution is 7.90. The molecule has 4 aliphatic rings. The molecule has 9 nitrogen and oxygen atoms in total. The van der Waals surface area contributed by atoms with E-state index in [4.69, 9.17) is 16.3 Å². The Balaban J connectivity index is 1.47. The average molecular weight is 669 g/mol. The summed E-state index contributed by atoms with van der Waals surface area (Å²) in [4.78, 5) is 33.4. The standard InChI is InChI=1S/C35H45ClN4O5S/c1-23-8-5-11-30(34(42)38(3)4)40-17-7-10-28(40)20-39-21-35(16-6-9-25-18-27(36)13-14-29(25)35)22-45-32-15-12-26(19-31(32)39)33(41)37-46(43,44)24(23)2/h5,11-15,18-19,23-24,28,30H,6-10,16-17,20-22H2,1-4H3,(H,37,41)/b11-5+/t23-,24+,28-,30+,35-/m0/s1. The van der Waals surface area contributed by atoms with Gasteiger partial charge >= 0.3 is 0 Å². The van der Waals surface area contributed by atoms with Gasteiger partial charge in [0.15, 0.2) is 0 Å². The van der Waals surface area contributed by atoms with Crippen molar-refractivity contribution in [3.63, 3.8) is 0 Å². The molecule has 1 aliphatic carbocycles. The highest BCUT2D eigenvalue weighted by Gasteiger charge is 2.44. The van der Waals surface area contributed by atoms with E-state index in [1.807, 2.05) is 25.1 Å². The number of anilines is 1. The topological polar surface area (TPSA) is 99.3 Å². The van der Waals surface area contributed by atoms with E-state index in [9.17, 15) is 18.0 Å². The fourth-order valence-corrected chi connectivity index (χ4v) is 9.21. The van der Waals surface area contributed by atoms with Gasteiger partial charge in [-0.15, -0.1) is 0 Å². The van der Waals surface area contributed by atoms with Crippen LogP contribution in [-0.2, 0) is 26.7 Å². The number of fused-ring (bicyclic) bond motifs is 4. The first-order chi connectivity index (χ1) is 21.9. The van der Waals surface area contributed by atoms with E-state index < -0.39 is 27.2 Å². The van der Waals surface area contributed by atoms with Gasteiger partial charge in [0.05, 0.1) is 17.5 Å². The Bertz CT molecular complexity index is 1650. The van der Waals surface area contributed by atoms with Crippen LogP contribution in [0, 0.1) is 5.92 Å². The number of likely N-dealkylation sites (N-methyl/N-ethyl adjacent to an activating group) is 1. The van der Waals surface area contributed by atoms with Crippen LogP contribution in [0.4, 0.5) is 5.69 Å². The second-order valence-electron chi connectivity index (χ2n) is 13.8. The number of sulfonamides is 1. The van der Waals surface area contributed by atoms with Crippen molar-refractivity contribution in [3.05, 3.63) is 70.3 Å². The molecular formula is C35H45ClN4O5S. The van der Waals surface area contributed by atoms with E-state index in [0.29, 0.717) is 31.9 Å². The molecule has 0 radical (unpaired) electrons. The fourth-order valence-electron chi connectivity index (χ4n) is 7.73. The second kappa shape index (κ2) is 12.8. The Labute approximate surface area is 277 Å². The number of benzene rings is 2. The van der Waals surface area contributed by atoms with Crippen LogP contribution in [0.25, 0.3) is 0 Å². The molecule has 11 heteroatoms. The van der Waals surface area contributed by atoms with Crippen LogP contribution in [0.3, 0.4) is 0 Å². The third-order valence-corrected chi connectivity index (χ3v) is 12.7. The first kappa shape index (κ1) is 32.8. The third-order valence-electron chi connectivity index (χ3n) is 10.6. The number of amides is 2. The highest BCUT2D eigenvalue weighted by Crippen LogP contribution is 2.45. The van der Waals surface area contributed by atoms with Gasteiger partial charge in [0, 0.05) is 49.2 Å². The molecule has 2 bridgehead atoms. The van der Waals surface area contributed by atoms with Crippen LogP contribution in [0.5, 0.6) is 5.75 Å². The lowest BCUT2D eigenvalue weighted by atomic mass is 9.70. The number of allylic oxidation sites excluding steroid dienone is 1. The van der Waals surface area contributed by atoms with Crippen molar-refractivity contribution in [1.29, 1.82) is 0 Å². The number of hydrogen-bond acceptors (Lipinski definition) is 7. The van der Waals surface area contributed by atoms with Gasteiger partial charge in [-0.3, -0.25) is 14.5 Å². The van der Waals surface area contributed by atoms with Gasteiger partial charge in [0.1, 0.15) is 11.8 Å². The molecule has 46 heavy (non-hydrogen) atoms. The van der Waals surface area contributed by atoms with E-state index in [1.165, 1.54) is 11.1 Å². The lowest BCUT2D eigenvalue weighted by Crippen LogP contribution is -2.53. The molecule has 6 rings (SSSR count). The SMILES string of the molecule is C[C@@H]1[C@@H](C)C/C=C/[C@H](C(=O)N(C)C)N2CCC[C@H]2CN2C[C@@]3(CCCc4cc(Cl)ccc43)COc3ccc(cc32)C(=O)NS1(=O)=O. The highest BCUT2D eigenvalue weighted by atomic mass is 35.5. The summed E-state index contributed by atoms with van der Waals surface area (Å²) in [5.74, 6) is -0.272. The molecule has 1 fully saturated rings. The van der Waals surface area contributed by atoms with Gasteiger partial charge < -0.3 is 14.5 Å². The van der Waals surface area contributed by atoms with Crippen molar-refractivity contribution < 1.29 is 22.7 Å². The van der Waals surface area contributed by atoms with Crippen LogP contribution in [-0.4, -0.2) is 87.7 Å². The van der Waals surface area contributed by atoms with Crippen LogP contribution < -0.4 is 14.4 Å². The number of nitrogens with zero attached hydrogens (tertiary/aromatic N) is 3. The molecule has 0 aromatic heterocycles. The van der Waals surface area contributed by atoms with Crippen molar-refractivity contribution >= 4 is 39.1 Å². The van der Waals surface area contributed by atoms with Crippen molar-refractivity contribution in [2.45, 2.75) is 75.1 Å². The van der Waals surface area contributed by atoms with Gasteiger partial charge in [-0.2, -0.15) is 0 Å². The Hall–Kier alpha value is -3.08. The summed E-state index contributed by atoms with van der Waals surface area (Å²) in [6.45, 7) is 6.01. The van der Waals surface area contributed by atoms with Crippen molar-refractivity contribution in [1.82, 2.24) is 14.5 Å². The number of carbonyl (C=O) groups is 2. The number of nitrogens with one attached hydrogen (secondary N) is 1. The monoisotopic (exact) mass is 668 g/mol. The zero-order chi connectivity index (χ0) is 32.8. The van der Waals surface area contributed by atoms with Gasteiger partial charge in [-0.25, -0.2) is 13.1 Å². The van der Waals surface area contributed by atoms with Gasteiger partial charge in [-0.1, -0.05) is 36.7 Å². The maximum atomic E-state index is 13.6. The van der Waals surface area contributed by atoms with E-state index in [-0.39, 0.29) is 28.8 Å². The summed E-state index contributed by atoms with van der Waals surface area (Å²) in [5.41, 5.74) is 3.19. The average Bonchev–Trinajstić information content (AvgIpc) is 3.41. The first-order valence-electron chi connectivity index (χ1n) is 16.4. The largest absolute Gasteiger partial charge is 0.490 e. The van der Waals surface area contributed by atoms with Crippen LogP contribution in [0.2, 0.25) is 5.02 Å². The normalized spacial score (nSPS) is 30.4. The molecule has 248 valence electrons. The first-order valence-corrected chi connectivity index (χ1v) is 18.3. The summed E-state index contributed by atoms with van der Waals surface area (Å²) in [6.07, 6.45) is 9.13. The minimum Gasteiger partial charge on any atom is -0.490 e. The number of carbonyl (C=O) groups excluding carboxylic acids is 2. The zero-order valence-electron chi connectivity index (χ0n) is 27.2. The van der Waals surface area contributed by atoms with E-state index in [1.54, 1.807) is 44.1 Å². The predicted octanol–water partition coefficient (Wildman–Crippen LogP) is 4.78. The quantitative estimate of drug-likeness (QED) is 0.437. The smallest absolute Gasteiger partial charge is 0.264 e. The molecule has 3 aliphatic heterocycles. The molecule has 1 saturated heterocycles. The Morgan fingerprint density at radius 3 is 2.72 bits per heavy atom. The molecule has 0 unspecified atom stereocenters. The van der Waals surface area contributed by atoms with Gasteiger partial charge in [0.25, 0.3) is 5.91 Å². The number of ether oxygens (including phenoxy) is 1. The third kappa shape index (κ3) is 6.28. The molecule has 5 atom stereocenters. The number of rotatable bonds is 1.